The Morgan fingerprint density at radius 3 is 1.13 bits per heavy atom. The van der Waals surface area contributed by atoms with Gasteiger partial charge in [0.1, 0.15) is 5.60 Å². The largest absolute Gasteiger partial charge is 0.361 e. The third-order valence-corrected chi connectivity index (χ3v) is 6.46. The lowest BCUT2D eigenvalue weighted by atomic mass is 9.77. The van der Waals surface area contributed by atoms with Crippen LogP contribution in [-0.2, 0) is 21.2 Å². The van der Waals surface area contributed by atoms with Gasteiger partial charge in [0, 0.05) is 11.1 Å². The standard InChI is InChI=1S/C29H35BrO/c1-8-31-29(25-17-19-26(30)20-18-25,23-13-9-21(10-14-23)27(2,3)4)24-15-11-22(12-16-24)28(5,6)7/h9-20H,8H2,1-7H3. The summed E-state index contributed by atoms with van der Waals surface area (Å²) in [5.41, 5.74) is 5.62. The van der Waals surface area contributed by atoms with E-state index in [1.54, 1.807) is 0 Å². The molecular formula is C29H35BrO. The van der Waals surface area contributed by atoms with Gasteiger partial charge in [-0.3, -0.25) is 0 Å². The Labute approximate surface area is 197 Å². The van der Waals surface area contributed by atoms with Crippen LogP contribution < -0.4 is 0 Å². The molecule has 3 rings (SSSR count). The molecule has 0 saturated heterocycles. The van der Waals surface area contributed by atoms with Crippen molar-refractivity contribution >= 4 is 15.9 Å². The molecule has 0 unspecified atom stereocenters. The molecule has 31 heavy (non-hydrogen) atoms. The van der Waals surface area contributed by atoms with Gasteiger partial charge in [0.05, 0.1) is 0 Å². The van der Waals surface area contributed by atoms with Gasteiger partial charge in [-0.25, -0.2) is 0 Å². The lowest BCUT2D eigenvalue weighted by Crippen LogP contribution is -2.33. The zero-order valence-electron chi connectivity index (χ0n) is 19.9. The second-order valence-corrected chi connectivity index (χ2v) is 11.2. The SMILES string of the molecule is CCOC(c1ccc(Br)cc1)(c1ccc(C(C)(C)C)cc1)c1ccc(C(C)(C)C)cc1. The first-order chi connectivity index (χ1) is 14.5. The van der Waals surface area contributed by atoms with Gasteiger partial charge >= 0.3 is 0 Å². The van der Waals surface area contributed by atoms with Crippen LogP contribution in [0.3, 0.4) is 0 Å². The molecule has 0 aliphatic rings. The van der Waals surface area contributed by atoms with Crippen molar-refractivity contribution in [1.82, 2.24) is 0 Å². The summed E-state index contributed by atoms with van der Waals surface area (Å²) in [4.78, 5) is 0. The summed E-state index contributed by atoms with van der Waals surface area (Å²) in [7, 11) is 0. The van der Waals surface area contributed by atoms with Gasteiger partial charge in [0.15, 0.2) is 0 Å². The van der Waals surface area contributed by atoms with E-state index >= 15 is 0 Å². The first-order valence-electron chi connectivity index (χ1n) is 11.1. The smallest absolute Gasteiger partial charge is 0.143 e. The van der Waals surface area contributed by atoms with E-state index in [1.165, 1.54) is 11.1 Å². The van der Waals surface area contributed by atoms with Crippen molar-refractivity contribution in [3.05, 3.63) is 105 Å². The van der Waals surface area contributed by atoms with Crippen LogP contribution in [0.25, 0.3) is 0 Å². The molecule has 0 atom stereocenters. The zero-order chi connectivity index (χ0) is 22.9. The van der Waals surface area contributed by atoms with E-state index in [4.69, 9.17) is 4.74 Å². The molecular weight excluding hydrogens is 444 g/mol. The van der Waals surface area contributed by atoms with Crippen LogP contribution >= 0.6 is 15.9 Å². The van der Waals surface area contributed by atoms with Gasteiger partial charge < -0.3 is 4.74 Å². The molecule has 164 valence electrons. The first kappa shape index (κ1) is 23.8. The third-order valence-electron chi connectivity index (χ3n) is 5.93. The predicted octanol–water partition coefficient (Wildman–Crippen LogP) is 8.37. The van der Waals surface area contributed by atoms with Crippen molar-refractivity contribution in [1.29, 1.82) is 0 Å². The van der Waals surface area contributed by atoms with Gasteiger partial charge in [-0.15, -0.1) is 0 Å². The van der Waals surface area contributed by atoms with E-state index in [0.717, 1.165) is 21.2 Å². The van der Waals surface area contributed by atoms with Gasteiger partial charge in [-0.05, 0) is 57.7 Å². The third kappa shape index (κ3) is 4.96. The molecule has 0 aliphatic carbocycles. The summed E-state index contributed by atoms with van der Waals surface area (Å²) in [5, 5.41) is 0. The lowest BCUT2D eigenvalue weighted by Gasteiger charge is -2.36. The van der Waals surface area contributed by atoms with Gasteiger partial charge in [-0.1, -0.05) is 118 Å². The highest BCUT2D eigenvalue weighted by Crippen LogP contribution is 2.42. The lowest BCUT2D eigenvalue weighted by molar-refractivity contribution is 0.0215. The Hall–Kier alpha value is -1.90. The Morgan fingerprint density at radius 2 is 0.839 bits per heavy atom. The summed E-state index contributed by atoms with van der Waals surface area (Å²) in [6.45, 7) is 16.2. The fourth-order valence-corrected chi connectivity index (χ4v) is 4.33. The van der Waals surface area contributed by atoms with Crippen LogP contribution in [0.2, 0.25) is 0 Å². The van der Waals surface area contributed by atoms with E-state index in [-0.39, 0.29) is 10.8 Å². The van der Waals surface area contributed by atoms with Gasteiger partial charge in [0.25, 0.3) is 0 Å². The molecule has 0 aromatic heterocycles. The molecule has 0 amide bonds. The first-order valence-corrected chi connectivity index (χ1v) is 11.9. The Kier molecular flexibility index (Phi) is 6.84. The maximum Gasteiger partial charge on any atom is 0.143 e. The van der Waals surface area contributed by atoms with E-state index < -0.39 is 5.60 Å². The normalized spacial score (nSPS) is 12.8. The van der Waals surface area contributed by atoms with Crippen LogP contribution in [0, 0.1) is 0 Å². The van der Waals surface area contributed by atoms with E-state index in [2.05, 4.69) is 137 Å². The second kappa shape index (κ2) is 8.92. The minimum Gasteiger partial charge on any atom is -0.361 e. The Bertz CT molecular complexity index is 928. The number of hydrogen-bond donors (Lipinski definition) is 0. The minimum absolute atomic E-state index is 0.110. The molecule has 0 spiro atoms. The van der Waals surface area contributed by atoms with Gasteiger partial charge in [-0.2, -0.15) is 0 Å². The highest BCUT2D eigenvalue weighted by molar-refractivity contribution is 9.10. The van der Waals surface area contributed by atoms with Crippen LogP contribution in [0.4, 0.5) is 0 Å². The summed E-state index contributed by atoms with van der Waals surface area (Å²) in [5.74, 6) is 0. The van der Waals surface area contributed by atoms with Crippen molar-refractivity contribution in [2.45, 2.75) is 64.9 Å². The number of ether oxygens (including phenoxy) is 1. The number of hydrogen-bond acceptors (Lipinski definition) is 1. The highest BCUT2D eigenvalue weighted by atomic mass is 79.9. The molecule has 0 heterocycles. The minimum atomic E-state index is -0.664. The number of rotatable bonds is 5. The summed E-state index contributed by atoms with van der Waals surface area (Å²) >= 11 is 3.59. The second-order valence-electron chi connectivity index (χ2n) is 10.3. The van der Waals surface area contributed by atoms with Crippen molar-refractivity contribution in [3.63, 3.8) is 0 Å². The monoisotopic (exact) mass is 478 g/mol. The molecule has 3 aromatic rings. The predicted molar refractivity (Wildman–Crippen MR) is 136 cm³/mol. The van der Waals surface area contributed by atoms with E-state index in [1.807, 2.05) is 0 Å². The van der Waals surface area contributed by atoms with Crippen molar-refractivity contribution < 1.29 is 4.74 Å². The molecule has 1 nitrogen and oxygen atoms in total. The van der Waals surface area contributed by atoms with Crippen molar-refractivity contribution in [2.75, 3.05) is 6.61 Å². The summed E-state index contributed by atoms with van der Waals surface area (Å²) in [6.07, 6.45) is 0. The molecule has 0 saturated carbocycles. The molecule has 0 bridgehead atoms. The zero-order valence-corrected chi connectivity index (χ0v) is 21.5. The molecule has 0 fully saturated rings. The van der Waals surface area contributed by atoms with E-state index in [0.29, 0.717) is 6.61 Å². The highest BCUT2D eigenvalue weighted by Gasteiger charge is 2.37. The molecule has 3 aromatic carbocycles. The topological polar surface area (TPSA) is 9.23 Å². The average Bonchev–Trinajstić information content (AvgIpc) is 2.72. The maximum atomic E-state index is 6.66. The van der Waals surface area contributed by atoms with Crippen LogP contribution in [0.5, 0.6) is 0 Å². The Balaban J connectivity index is 2.25. The fraction of sp³-hybridized carbons (Fsp3) is 0.379. The fourth-order valence-electron chi connectivity index (χ4n) is 4.06. The Morgan fingerprint density at radius 1 is 0.548 bits per heavy atom. The quantitative estimate of drug-likeness (QED) is 0.334. The van der Waals surface area contributed by atoms with E-state index in [9.17, 15) is 0 Å². The van der Waals surface area contributed by atoms with Crippen molar-refractivity contribution in [3.8, 4) is 0 Å². The molecule has 0 radical (unpaired) electrons. The average molecular weight is 480 g/mol. The van der Waals surface area contributed by atoms with Crippen LogP contribution in [0.1, 0.15) is 76.3 Å². The summed E-state index contributed by atoms with van der Waals surface area (Å²) in [6, 6.07) is 26.4. The number of benzene rings is 3. The number of halogens is 1. The summed E-state index contributed by atoms with van der Waals surface area (Å²) < 4.78 is 7.73. The van der Waals surface area contributed by atoms with Crippen molar-refractivity contribution in [2.24, 2.45) is 0 Å². The van der Waals surface area contributed by atoms with Crippen LogP contribution in [-0.4, -0.2) is 6.61 Å². The molecule has 2 heteroatoms. The molecule has 0 N–H and O–H groups in total. The van der Waals surface area contributed by atoms with Gasteiger partial charge in [0.2, 0.25) is 0 Å². The molecule has 0 aliphatic heterocycles. The maximum absolute atomic E-state index is 6.66. The van der Waals surface area contributed by atoms with Crippen LogP contribution in [0.15, 0.2) is 77.3 Å².